The fourth-order valence-electron chi connectivity index (χ4n) is 5.08. The lowest BCUT2D eigenvalue weighted by molar-refractivity contribution is 0.227. The first-order valence-corrected chi connectivity index (χ1v) is 13.3. The van der Waals surface area contributed by atoms with E-state index in [2.05, 4.69) is 84.4 Å². The average molecular weight is 503 g/mol. The molecule has 6 heteroatoms. The molecule has 0 spiro atoms. The molecule has 188 valence electrons. The number of fused-ring (bicyclic) bond motifs is 1. The van der Waals surface area contributed by atoms with Gasteiger partial charge in [-0.25, -0.2) is 0 Å². The molecule has 1 aliphatic heterocycles. The Morgan fingerprint density at radius 1 is 1.03 bits per heavy atom. The third-order valence-electron chi connectivity index (χ3n) is 7.17. The van der Waals surface area contributed by atoms with E-state index in [0.29, 0.717) is 25.1 Å². The summed E-state index contributed by atoms with van der Waals surface area (Å²) >= 11 is 6.10. The molecule has 5 rings (SSSR count). The SMILES string of the molecule is CC1CCCN1CCCOc1nn(Cc2ccc(Cl)cc2)c2ccc(N(C)Cc3ccccc3)cc12. The third-order valence-corrected chi connectivity index (χ3v) is 7.42. The van der Waals surface area contributed by atoms with Crippen LogP contribution in [0.3, 0.4) is 0 Å². The highest BCUT2D eigenvalue weighted by Crippen LogP contribution is 2.31. The minimum absolute atomic E-state index is 0.667. The molecule has 2 heterocycles. The van der Waals surface area contributed by atoms with Gasteiger partial charge in [0.1, 0.15) is 0 Å². The topological polar surface area (TPSA) is 33.5 Å². The van der Waals surface area contributed by atoms with Crippen LogP contribution in [0.15, 0.2) is 72.8 Å². The van der Waals surface area contributed by atoms with E-state index in [-0.39, 0.29) is 0 Å². The minimum atomic E-state index is 0.667. The lowest BCUT2D eigenvalue weighted by atomic mass is 10.1. The van der Waals surface area contributed by atoms with Crippen LogP contribution in [0.4, 0.5) is 5.69 Å². The molecule has 0 aliphatic carbocycles. The van der Waals surface area contributed by atoms with Crippen molar-refractivity contribution in [3.8, 4) is 5.88 Å². The van der Waals surface area contributed by atoms with Crippen molar-refractivity contribution in [3.63, 3.8) is 0 Å². The average Bonchev–Trinajstić information content (AvgIpc) is 3.46. The maximum absolute atomic E-state index is 6.31. The highest BCUT2D eigenvalue weighted by Gasteiger charge is 2.20. The van der Waals surface area contributed by atoms with E-state index in [9.17, 15) is 0 Å². The molecule has 5 nitrogen and oxygen atoms in total. The molecule has 3 aromatic carbocycles. The van der Waals surface area contributed by atoms with Gasteiger partial charge in [-0.15, -0.1) is 5.10 Å². The number of hydrogen-bond donors (Lipinski definition) is 0. The Balaban J connectivity index is 1.36. The second-order valence-electron chi connectivity index (χ2n) is 9.86. The number of ether oxygens (including phenoxy) is 1. The van der Waals surface area contributed by atoms with Gasteiger partial charge in [-0.1, -0.05) is 54.1 Å². The first-order valence-electron chi connectivity index (χ1n) is 12.9. The summed E-state index contributed by atoms with van der Waals surface area (Å²) in [6.07, 6.45) is 3.62. The molecule has 1 aliphatic rings. The van der Waals surface area contributed by atoms with Crippen molar-refractivity contribution in [3.05, 3.63) is 88.9 Å². The molecule has 0 N–H and O–H groups in total. The first kappa shape index (κ1) is 24.7. The molecule has 1 fully saturated rings. The Kier molecular flexibility index (Phi) is 7.78. The number of anilines is 1. The van der Waals surface area contributed by atoms with Crippen LogP contribution in [-0.4, -0.2) is 47.5 Å². The first-order chi connectivity index (χ1) is 17.6. The lowest BCUT2D eigenvalue weighted by Crippen LogP contribution is -2.28. The Morgan fingerprint density at radius 2 is 1.83 bits per heavy atom. The van der Waals surface area contributed by atoms with E-state index in [1.807, 2.05) is 16.8 Å². The van der Waals surface area contributed by atoms with Gasteiger partial charge in [0.05, 0.1) is 24.1 Å². The van der Waals surface area contributed by atoms with E-state index in [4.69, 9.17) is 21.4 Å². The maximum Gasteiger partial charge on any atom is 0.240 e. The van der Waals surface area contributed by atoms with Crippen LogP contribution in [0, 0.1) is 0 Å². The second-order valence-corrected chi connectivity index (χ2v) is 10.3. The van der Waals surface area contributed by atoms with Gasteiger partial charge in [0.2, 0.25) is 5.88 Å². The molecule has 0 saturated carbocycles. The van der Waals surface area contributed by atoms with Crippen LogP contribution in [0.1, 0.15) is 37.3 Å². The van der Waals surface area contributed by atoms with E-state index < -0.39 is 0 Å². The molecular weight excluding hydrogens is 468 g/mol. The number of benzene rings is 3. The summed E-state index contributed by atoms with van der Waals surface area (Å²) in [5, 5.41) is 6.70. The van der Waals surface area contributed by atoms with Crippen LogP contribution < -0.4 is 9.64 Å². The van der Waals surface area contributed by atoms with Crippen LogP contribution in [0.5, 0.6) is 5.88 Å². The number of halogens is 1. The number of rotatable bonds is 10. The highest BCUT2D eigenvalue weighted by atomic mass is 35.5. The van der Waals surface area contributed by atoms with Crippen molar-refractivity contribution in [1.29, 1.82) is 0 Å². The summed E-state index contributed by atoms with van der Waals surface area (Å²) in [6.45, 7) is 6.79. The van der Waals surface area contributed by atoms with Gasteiger partial charge in [-0.05, 0) is 74.2 Å². The monoisotopic (exact) mass is 502 g/mol. The molecule has 1 aromatic heterocycles. The summed E-state index contributed by atoms with van der Waals surface area (Å²) in [4.78, 5) is 4.83. The molecule has 0 bridgehead atoms. The van der Waals surface area contributed by atoms with Crippen LogP contribution in [0.2, 0.25) is 5.02 Å². The van der Waals surface area contributed by atoms with E-state index in [0.717, 1.165) is 46.7 Å². The molecule has 1 saturated heterocycles. The van der Waals surface area contributed by atoms with Crippen molar-refractivity contribution >= 4 is 28.2 Å². The highest BCUT2D eigenvalue weighted by molar-refractivity contribution is 6.30. The molecule has 0 amide bonds. The number of nitrogens with zero attached hydrogens (tertiary/aromatic N) is 4. The molecule has 0 radical (unpaired) electrons. The van der Waals surface area contributed by atoms with Gasteiger partial charge < -0.3 is 14.5 Å². The van der Waals surface area contributed by atoms with Crippen molar-refractivity contribution in [1.82, 2.24) is 14.7 Å². The predicted octanol–water partition coefficient (Wildman–Crippen LogP) is 6.63. The van der Waals surface area contributed by atoms with Crippen molar-refractivity contribution < 1.29 is 4.74 Å². The fourth-order valence-corrected chi connectivity index (χ4v) is 5.20. The van der Waals surface area contributed by atoms with Crippen molar-refractivity contribution in [2.24, 2.45) is 0 Å². The van der Waals surface area contributed by atoms with Gasteiger partial charge in [0.25, 0.3) is 0 Å². The van der Waals surface area contributed by atoms with E-state index in [1.54, 1.807) is 0 Å². The quantitative estimate of drug-likeness (QED) is 0.228. The zero-order valence-corrected chi connectivity index (χ0v) is 22.0. The Labute approximate surface area is 219 Å². The molecule has 4 aromatic rings. The zero-order chi connectivity index (χ0) is 24.9. The number of likely N-dealkylation sites (tertiary alicyclic amines) is 1. The summed E-state index contributed by atoms with van der Waals surface area (Å²) < 4.78 is 8.35. The van der Waals surface area contributed by atoms with Gasteiger partial charge in [-0.3, -0.25) is 4.68 Å². The third kappa shape index (κ3) is 5.85. The lowest BCUT2D eigenvalue weighted by Gasteiger charge is -2.20. The fraction of sp³-hybridized carbons (Fsp3) is 0.367. The van der Waals surface area contributed by atoms with Gasteiger partial charge in [0, 0.05) is 36.9 Å². The Morgan fingerprint density at radius 3 is 2.58 bits per heavy atom. The van der Waals surface area contributed by atoms with Gasteiger partial charge in [-0.2, -0.15) is 0 Å². The van der Waals surface area contributed by atoms with E-state index in [1.165, 1.54) is 24.9 Å². The molecular formula is C30H35ClN4O. The largest absolute Gasteiger partial charge is 0.476 e. The zero-order valence-electron chi connectivity index (χ0n) is 21.2. The van der Waals surface area contributed by atoms with Crippen LogP contribution in [-0.2, 0) is 13.1 Å². The molecule has 1 unspecified atom stereocenters. The van der Waals surface area contributed by atoms with Crippen LogP contribution in [0.25, 0.3) is 10.9 Å². The van der Waals surface area contributed by atoms with E-state index >= 15 is 0 Å². The van der Waals surface area contributed by atoms with Gasteiger partial charge in [0.15, 0.2) is 0 Å². The predicted molar refractivity (Wildman–Crippen MR) is 149 cm³/mol. The second kappa shape index (κ2) is 11.4. The van der Waals surface area contributed by atoms with Crippen LogP contribution >= 0.6 is 11.6 Å². The summed E-state index contributed by atoms with van der Waals surface area (Å²) in [5.74, 6) is 0.711. The maximum atomic E-state index is 6.31. The standard InChI is InChI=1S/C30H35ClN4O/c1-23-8-6-17-34(23)18-7-19-36-30-28-20-27(33(2)21-24-9-4-3-5-10-24)15-16-29(28)35(32-30)22-25-11-13-26(31)14-12-25/h3-5,9-16,20,23H,6-8,17-19,21-22H2,1-2H3. The van der Waals surface area contributed by atoms with Crippen molar-refractivity contribution in [2.45, 2.75) is 45.3 Å². The van der Waals surface area contributed by atoms with Gasteiger partial charge >= 0.3 is 0 Å². The Bertz CT molecular complexity index is 1270. The Hall–Kier alpha value is -3.02. The summed E-state index contributed by atoms with van der Waals surface area (Å²) in [6, 6.07) is 25.7. The number of aromatic nitrogens is 2. The molecule has 1 atom stereocenters. The smallest absolute Gasteiger partial charge is 0.240 e. The van der Waals surface area contributed by atoms with Crippen molar-refractivity contribution in [2.75, 3.05) is 31.6 Å². The molecule has 36 heavy (non-hydrogen) atoms. The normalized spacial score (nSPS) is 16.0. The summed E-state index contributed by atoms with van der Waals surface area (Å²) in [7, 11) is 2.13. The number of hydrogen-bond acceptors (Lipinski definition) is 4. The minimum Gasteiger partial charge on any atom is -0.476 e. The summed E-state index contributed by atoms with van der Waals surface area (Å²) in [5.41, 5.74) is 4.66.